The highest BCUT2D eigenvalue weighted by molar-refractivity contribution is 5.74. The number of alkyl halides is 3. The van der Waals surface area contributed by atoms with Crippen LogP contribution >= 0.6 is 0 Å². The molecule has 1 aliphatic rings. The Bertz CT molecular complexity index is 1080. The molecule has 0 aliphatic carbocycles. The van der Waals surface area contributed by atoms with Crippen molar-refractivity contribution in [2.24, 2.45) is 0 Å². The van der Waals surface area contributed by atoms with Gasteiger partial charge in [-0.05, 0) is 32.9 Å². The number of hydrogen-bond acceptors (Lipinski definition) is 4. The van der Waals surface area contributed by atoms with Crippen LogP contribution in [-0.2, 0) is 10.9 Å². The lowest BCUT2D eigenvalue weighted by atomic mass is 9.96. The highest BCUT2D eigenvalue weighted by atomic mass is 19.4. The summed E-state index contributed by atoms with van der Waals surface area (Å²) in [5.74, 6) is 0.0116. The Morgan fingerprint density at radius 2 is 1.80 bits per heavy atom. The van der Waals surface area contributed by atoms with E-state index in [2.05, 4.69) is 9.97 Å². The van der Waals surface area contributed by atoms with Crippen LogP contribution in [0.4, 0.5) is 18.0 Å². The van der Waals surface area contributed by atoms with E-state index in [0.29, 0.717) is 30.0 Å². The summed E-state index contributed by atoms with van der Waals surface area (Å²) in [6, 6.07) is 4.88. The second-order valence-electron chi connectivity index (χ2n) is 8.33. The lowest BCUT2D eigenvalue weighted by Gasteiger charge is -2.39. The van der Waals surface area contributed by atoms with E-state index in [-0.39, 0.29) is 12.0 Å². The third kappa shape index (κ3) is 3.96. The van der Waals surface area contributed by atoms with Crippen molar-refractivity contribution in [2.45, 2.75) is 38.5 Å². The van der Waals surface area contributed by atoms with Crippen LogP contribution in [0.3, 0.4) is 0 Å². The summed E-state index contributed by atoms with van der Waals surface area (Å²) in [4.78, 5) is 22.7. The van der Waals surface area contributed by atoms with Gasteiger partial charge in [0, 0.05) is 43.2 Å². The maximum atomic E-state index is 12.9. The maximum Gasteiger partial charge on any atom is 0.416 e. The van der Waals surface area contributed by atoms with Crippen molar-refractivity contribution < 1.29 is 22.7 Å². The van der Waals surface area contributed by atoms with Gasteiger partial charge in [-0.1, -0.05) is 12.1 Å². The van der Waals surface area contributed by atoms with Crippen LogP contribution in [0, 0.1) is 0 Å². The van der Waals surface area contributed by atoms with Gasteiger partial charge in [-0.25, -0.2) is 14.8 Å². The summed E-state index contributed by atoms with van der Waals surface area (Å²) in [5, 5.41) is 0. The predicted octanol–water partition coefficient (Wildman–Crippen LogP) is 4.75. The standard InChI is InChI=1S/C21H21F3N4O2/c1-20(2,3)30-19(29)28-10-14(11-28)16-12-27-9-8-25-18(27)17(26-16)13-4-6-15(7-5-13)21(22,23)24/h4-9,12,14H,10-11H2,1-3H3. The molecule has 4 rings (SSSR count). The largest absolute Gasteiger partial charge is 0.444 e. The average Bonchev–Trinajstić information content (AvgIpc) is 3.06. The molecule has 0 spiro atoms. The highest BCUT2D eigenvalue weighted by Gasteiger charge is 2.36. The van der Waals surface area contributed by atoms with Crippen molar-refractivity contribution >= 4 is 11.7 Å². The second kappa shape index (κ2) is 7.00. The van der Waals surface area contributed by atoms with Gasteiger partial charge in [0.15, 0.2) is 5.65 Å². The summed E-state index contributed by atoms with van der Waals surface area (Å²) < 4.78 is 45.8. The number of imidazole rings is 1. The Morgan fingerprint density at radius 1 is 1.13 bits per heavy atom. The number of rotatable bonds is 2. The molecular weight excluding hydrogens is 397 g/mol. The Morgan fingerprint density at radius 3 is 2.40 bits per heavy atom. The van der Waals surface area contributed by atoms with E-state index in [1.807, 2.05) is 27.0 Å². The molecule has 158 valence electrons. The molecule has 1 saturated heterocycles. The zero-order chi connectivity index (χ0) is 21.7. The van der Waals surface area contributed by atoms with Crippen molar-refractivity contribution in [1.82, 2.24) is 19.3 Å². The first-order chi connectivity index (χ1) is 14.0. The number of aromatic nitrogens is 3. The molecule has 6 nitrogen and oxygen atoms in total. The predicted molar refractivity (Wildman–Crippen MR) is 104 cm³/mol. The summed E-state index contributed by atoms with van der Waals surface area (Å²) in [7, 11) is 0. The molecule has 0 unspecified atom stereocenters. The number of carbonyl (C=O) groups is 1. The first kappa shape index (κ1) is 20.2. The van der Waals surface area contributed by atoms with Crippen molar-refractivity contribution in [3.05, 3.63) is 54.1 Å². The van der Waals surface area contributed by atoms with Gasteiger partial charge in [-0.2, -0.15) is 13.2 Å². The fourth-order valence-electron chi connectivity index (χ4n) is 3.30. The van der Waals surface area contributed by atoms with E-state index in [0.717, 1.165) is 17.8 Å². The van der Waals surface area contributed by atoms with Crippen LogP contribution in [0.1, 0.15) is 37.9 Å². The second-order valence-corrected chi connectivity index (χ2v) is 8.33. The molecule has 30 heavy (non-hydrogen) atoms. The highest BCUT2D eigenvalue weighted by Crippen LogP contribution is 2.33. The molecule has 0 N–H and O–H groups in total. The third-order valence-electron chi connectivity index (χ3n) is 4.83. The Hall–Kier alpha value is -3.10. The minimum absolute atomic E-state index is 0.0116. The zero-order valence-electron chi connectivity index (χ0n) is 16.8. The summed E-state index contributed by atoms with van der Waals surface area (Å²) in [6.45, 7) is 6.37. The van der Waals surface area contributed by atoms with E-state index in [4.69, 9.17) is 4.74 Å². The fourth-order valence-corrected chi connectivity index (χ4v) is 3.30. The Balaban J connectivity index is 1.59. The molecule has 3 heterocycles. The molecule has 1 amide bonds. The normalized spacial score (nSPS) is 15.3. The van der Waals surface area contributed by atoms with Crippen LogP contribution in [0.15, 0.2) is 42.9 Å². The molecule has 3 aromatic rings. The third-order valence-corrected chi connectivity index (χ3v) is 4.83. The Labute approximate surface area is 171 Å². The average molecular weight is 418 g/mol. The minimum atomic E-state index is -4.40. The summed E-state index contributed by atoms with van der Waals surface area (Å²) >= 11 is 0. The van der Waals surface area contributed by atoms with Crippen molar-refractivity contribution in [3.63, 3.8) is 0 Å². The number of nitrogens with zero attached hydrogens (tertiary/aromatic N) is 4. The Kier molecular flexibility index (Phi) is 4.71. The van der Waals surface area contributed by atoms with Crippen molar-refractivity contribution in [1.29, 1.82) is 0 Å². The number of benzene rings is 1. The molecule has 1 fully saturated rings. The first-order valence-electron chi connectivity index (χ1n) is 9.50. The van der Waals surface area contributed by atoms with Gasteiger partial charge in [0.1, 0.15) is 11.3 Å². The number of ether oxygens (including phenoxy) is 1. The van der Waals surface area contributed by atoms with Crippen LogP contribution in [0.5, 0.6) is 0 Å². The van der Waals surface area contributed by atoms with E-state index < -0.39 is 17.3 Å². The molecule has 0 radical (unpaired) electrons. The van der Waals surface area contributed by atoms with Crippen LogP contribution < -0.4 is 0 Å². The van der Waals surface area contributed by atoms with Crippen LogP contribution in [-0.4, -0.2) is 44.1 Å². The van der Waals surface area contributed by atoms with Crippen LogP contribution in [0.2, 0.25) is 0 Å². The molecule has 0 bridgehead atoms. The van der Waals surface area contributed by atoms with E-state index in [9.17, 15) is 18.0 Å². The van der Waals surface area contributed by atoms with E-state index in [1.165, 1.54) is 12.1 Å². The number of amides is 1. The smallest absolute Gasteiger partial charge is 0.416 e. The lowest BCUT2D eigenvalue weighted by molar-refractivity contribution is -0.137. The lowest BCUT2D eigenvalue weighted by Crippen LogP contribution is -2.50. The number of likely N-dealkylation sites (tertiary alicyclic amines) is 1. The number of carbonyl (C=O) groups excluding carboxylic acids is 1. The zero-order valence-corrected chi connectivity index (χ0v) is 16.8. The van der Waals surface area contributed by atoms with Gasteiger partial charge in [-0.3, -0.25) is 0 Å². The topological polar surface area (TPSA) is 59.7 Å². The summed E-state index contributed by atoms with van der Waals surface area (Å²) in [5.41, 5.74) is 1.07. The molecular formula is C21H21F3N4O2. The quantitative estimate of drug-likeness (QED) is 0.603. The van der Waals surface area contributed by atoms with E-state index >= 15 is 0 Å². The molecule has 1 aliphatic heterocycles. The molecule has 0 saturated carbocycles. The molecule has 9 heteroatoms. The molecule has 1 aromatic carbocycles. The van der Waals surface area contributed by atoms with E-state index in [1.54, 1.807) is 21.7 Å². The van der Waals surface area contributed by atoms with Gasteiger partial charge >= 0.3 is 12.3 Å². The number of fused-ring (bicyclic) bond motifs is 1. The monoisotopic (exact) mass is 418 g/mol. The maximum absolute atomic E-state index is 12.9. The van der Waals surface area contributed by atoms with Gasteiger partial charge in [-0.15, -0.1) is 0 Å². The number of hydrogen-bond donors (Lipinski definition) is 0. The van der Waals surface area contributed by atoms with Crippen molar-refractivity contribution in [2.75, 3.05) is 13.1 Å². The SMILES string of the molecule is CC(C)(C)OC(=O)N1CC(c2cn3ccnc3c(-c3ccc(C(F)(F)F)cc3)n2)C1. The van der Waals surface area contributed by atoms with Gasteiger partial charge in [0.2, 0.25) is 0 Å². The van der Waals surface area contributed by atoms with Gasteiger partial charge in [0.05, 0.1) is 11.3 Å². The molecule has 0 atom stereocenters. The minimum Gasteiger partial charge on any atom is -0.444 e. The summed E-state index contributed by atoms with van der Waals surface area (Å²) in [6.07, 6.45) is 0.451. The fraction of sp³-hybridized carbons (Fsp3) is 0.381. The van der Waals surface area contributed by atoms with Gasteiger partial charge in [0.25, 0.3) is 0 Å². The number of halogens is 3. The molecule has 2 aromatic heterocycles. The first-order valence-corrected chi connectivity index (χ1v) is 9.50. The van der Waals surface area contributed by atoms with Crippen LogP contribution in [0.25, 0.3) is 16.9 Å². The van der Waals surface area contributed by atoms with Gasteiger partial charge < -0.3 is 14.0 Å². The van der Waals surface area contributed by atoms with Crippen molar-refractivity contribution in [3.8, 4) is 11.3 Å².